The predicted octanol–water partition coefficient (Wildman–Crippen LogP) is 3.79. The van der Waals surface area contributed by atoms with Gasteiger partial charge in [0.2, 0.25) is 5.91 Å². The molecule has 1 aliphatic rings. The summed E-state index contributed by atoms with van der Waals surface area (Å²) < 4.78 is 1.61. The summed E-state index contributed by atoms with van der Waals surface area (Å²) in [4.78, 5) is 27.6. The second-order valence-corrected chi connectivity index (χ2v) is 7.78. The Labute approximate surface area is 165 Å². The molecule has 0 N–H and O–H groups in total. The highest BCUT2D eigenvalue weighted by atomic mass is 16.2. The standard InChI is InChI=1S/C24H26N2O2/c1-18-15-21-9-5-6-10-22(21)24(28)26(18)17-23(27)25-13-11-20(12-14-25)16-19-7-3-2-4-8-19/h2-10,15,20H,11-14,16-17H2,1H3. The number of fused-ring (bicyclic) bond motifs is 1. The molecule has 0 atom stereocenters. The number of nitrogens with zero attached hydrogens (tertiary/aromatic N) is 2. The SMILES string of the molecule is Cc1cc2ccccc2c(=O)n1CC(=O)N1CCC(Cc2ccccc2)CC1. The number of piperidine rings is 1. The Balaban J connectivity index is 1.41. The van der Waals surface area contributed by atoms with Crippen molar-refractivity contribution >= 4 is 16.7 Å². The summed E-state index contributed by atoms with van der Waals surface area (Å²) in [5.74, 6) is 0.662. The number of hydrogen-bond donors (Lipinski definition) is 0. The van der Waals surface area contributed by atoms with Gasteiger partial charge in [-0.2, -0.15) is 0 Å². The van der Waals surface area contributed by atoms with Crippen LogP contribution in [0.1, 0.15) is 24.1 Å². The second kappa shape index (κ2) is 8.01. The molecule has 1 saturated heterocycles. The molecule has 144 valence electrons. The quantitative estimate of drug-likeness (QED) is 0.697. The van der Waals surface area contributed by atoms with Crippen molar-refractivity contribution in [3.8, 4) is 0 Å². The molecule has 4 heteroatoms. The lowest BCUT2D eigenvalue weighted by Crippen LogP contribution is -2.42. The highest BCUT2D eigenvalue weighted by Gasteiger charge is 2.23. The first-order chi connectivity index (χ1) is 13.6. The second-order valence-electron chi connectivity index (χ2n) is 7.78. The van der Waals surface area contributed by atoms with E-state index in [1.807, 2.05) is 48.2 Å². The largest absolute Gasteiger partial charge is 0.341 e. The molecule has 4 rings (SSSR count). The zero-order valence-corrected chi connectivity index (χ0v) is 16.3. The molecule has 0 saturated carbocycles. The van der Waals surface area contributed by atoms with Gasteiger partial charge in [-0.15, -0.1) is 0 Å². The van der Waals surface area contributed by atoms with Crippen LogP contribution in [0.3, 0.4) is 0 Å². The van der Waals surface area contributed by atoms with Gasteiger partial charge >= 0.3 is 0 Å². The Morgan fingerprint density at radius 1 is 1.00 bits per heavy atom. The molecule has 1 amide bonds. The predicted molar refractivity (Wildman–Crippen MR) is 112 cm³/mol. The topological polar surface area (TPSA) is 42.3 Å². The molecule has 0 radical (unpaired) electrons. The molecule has 1 aliphatic heterocycles. The van der Waals surface area contributed by atoms with E-state index in [2.05, 4.69) is 24.3 Å². The lowest BCUT2D eigenvalue weighted by Gasteiger charge is -2.32. The van der Waals surface area contributed by atoms with Crippen LogP contribution >= 0.6 is 0 Å². The van der Waals surface area contributed by atoms with E-state index in [0.717, 1.165) is 43.4 Å². The van der Waals surface area contributed by atoms with Crippen LogP contribution in [-0.4, -0.2) is 28.5 Å². The minimum atomic E-state index is -0.0806. The fourth-order valence-electron chi connectivity index (χ4n) is 4.19. The van der Waals surface area contributed by atoms with E-state index >= 15 is 0 Å². The van der Waals surface area contributed by atoms with Crippen molar-refractivity contribution in [2.24, 2.45) is 5.92 Å². The van der Waals surface area contributed by atoms with Gasteiger partial charge in [0, 0.05) is 24.2 Å². The van der Waals surface area contributed by atoms with E-state index in [0.29, 0.717) is 11.3 Å². The van der Waals surface area contributed by atoms with Crippen LogP contribution in [0.2, 0.25) is 0 Å². The number of rotatable bonds is 4. The van der Waals surface area contributed by atoms with E-state index in [-0.39, 0.29) is 18.0 Å². The van der Waals surface area contributed by atoms with E-state index in [9.17, 15) is 9.59 Å². The van der Waals surface area contributed by atoms with Gasteiger partial charge in [0.15, 0.2) is 0 Å². The van der Waals surface area contributed by atoms with Gasteiger partial charge in [0.25, 0.3) is 5.56 Å². The number of carbonyl (C=O) groups excluding carboxylic acids is 1. The van der Waals surface area contributed by atoms with Gasteiger partial charge in [-0.1, -0.05) is 48.5 Å². The van der Waals surface area contributed by atoms with Crippen LogP contribution < -0.4 is 5.56 Å². The fourth-order valence-corrected chi connectivity index (χ4v) is 4.19. The molecule has 3 aromatic rings. The number of amides is 1. The molecule has 4 nitrogen and oxygen atoms in total. The number of pyridine rings is 1. The summed E-state index contributed by atoms with van der Waals surface area (Å²) in [6.07, 6.45) is 3.12. The molecule has 0 unspecified atom stereocenters. The van der Waals surface area contributed by atoms with E-state index in [1.54, 1.807) is 4.57 Å². The zero-order chi connectivity index (χ0) is 19.5. The summed E-state index contributed by atoms with van der Waals surface area (Å²) in [6.45, 7) is 3.57. The number of carbonyl (C=O) groups is 1. The van der Waals surface area contributed by atoms with Crippen LogP contribution in [-0.2, 0) is 17.8 Å². The monoisotopic (exact) mass is 374 g/mol. The number of aromatic nitrogens is 1. The van der Waals surface area contributed by atoms with Gasteiger partial charge in [-0.25, -0.2) is 0 Å². The third-order valence-electron chi connectivity index (χ3n) is 5.85. The highest BCUT2D eigenvalue weighted by Crippen LogP contribution is 2.22. The summed E-state index contributed by atoms with van der Waals surface area (Å²) in [5.41, 5.74) is 2.12. The van der Waals surface area contributed by atoms with Gasteiger partial charge in [-0.05, 0) is 55.2 Å². The van der Waals surface area contributed by atoms with Crippen LogP contribution in [0, 0.1) is 12.8 Å². The Bertz CT molecular complexity index is 1030. The fraction of sp³-hybridized carbons (Fsp3) is 0.333. The molecule has 2 heterocycles. The number of hydrogen-bond acceptors (Lipinski definition) is 2. The summed E-state index contributed by atoms with van der Waals surface area (Å²) in [6, 6.07) is 20.1. The Hall–Kier alpha value is -2.88. The Kier molecular flexibility index (Phi) is 5.29. The van der Waals surface area contributed by atoms with Gasteiger partial charge in [0.1, 0.15) is 6.54 Å². The normalized spacial score (nSPS) is 15.1. The van der Waals surface area contributed by atoms with E-state index < -0.39 is 0 Å². The molecular weight excluding hydrogens is 348 g/mol. The molecule has 1 aromatic heterocycles. The molecular formula is C24H26N2O2. The van der Waals surface area contributed by atoms with Crippen LogP contribution in [0.15, 0.2) is 65.5 Å². The van der Waals surface area contributed by atoms with Gasteiger partial charge < -0.3 is 9.47 Å². The van der Waals surface area contributed by atoms with Crippen molar-refractivity contribution in [3.63, 3.8) is 0 Å². The summed E-state index contributed by atoms with van der Waals surface area (Å²) >= 11 is 0. The average molecular weight is 374 g/mol. The van der Waals surface area contributed by atoms with Crippen molar-refractivity contribution in [1.29, 1.82) is 0 Å². The Morgan fingerprint density at radius 3 is 2.43 bits per heavy atom. The van der Waals surface area contributed by atoms with Crippen molar-refractivity contribution < 1.29 is 4.79 Å². The van der Waals surface area contributed by atoms with Crippen molar-refractivity contribution in [3.05, 3.63) is 82.3 Å². The lowest BCUT2D eigenvalue weighted by atomic mass is 9.90. The number of likely N-dealkylation sites (tertiary alicyclic amines) is 1. The maximum atomic E-state index is 12.8. The molecule has 0 aliphatic carbocycles. The third-order valence-corrected chi connectivity index (χ3v) is 5.85. The third kappa shape index (κ3) is 3.86. The minimum absolute atomic E-state index is 0.0404. The number of benzene rings is 2. The molecule has 0 spiro atoms. The first-order valence-electron chi connectivity index (χ1n) is 10.0. The minimum Gasteiger partial charge on any atom is -0.341 e. The van der Waals surface area contributed by atoms with E-state index in [4.69, 9.17) is 0 Å². The average Bonchev–Trinajstić information content (AvgIpc) is 2.72. The molecule has 1 fully saturated rings. The molecule has 0 bridgehead atoms. The Morgan fingerprint density at radius 2 is 1.68 bits per heavy atom. The van der Waals surface area contributed by atoms with Crippen molar-refractivity contribution in [2.45, 2.75) is 32.7 Å². The van der Waals surface area contributed by atoms with Crippen LogP contribution in [0.4, 0.5) is 0 Å². The number of aryl methyl sites for hydroxylation is 1. The maximum absolute atomic E-state index is 12.8. The van der Waals surface area contributed by atoms with Gasteiger partial charge in [-0.3, -0.25) is 9.59 Å². The van der Waals surface area contributed by atoms with Crippen molar-refractivity contribution in [1.82, 2.24) is 9.47 Å². The first-order valence-corrected chi connectivity index (χ1v) is 10.0. The van der Waals surface area contributed by atoms with Gasteiger partial charge in [0.05, 0.1) is 0 Å². The molecule has 28 heavy (non-hydrogen) atoms. The highest BCUT2D eigenvalue weighted by molar-refractivity contribution is 5.82. The lowest BCUT2D eigenvalue weighted by molar-refractivity contribution is -0.133. The molecule has 2 aromatic carbocycles. The van der Waals surface area contributed by atoms with Crippen molar-refractivity contribution in [2.75, 3.05) is 13.1 Å². The zero-order valence-electron chi connectivity index (χ0n) is 16.3. The summed E-state index contributed by atoms with van der Waals surface area (Å²) in [5, 5.41) is 1.60. The first kappa shape index (κ1) is 18.5. The summed E-state index contributed by atoms with van der Waals surface area (Å²) in [7, 11) is 0. The smallest absolute Gasteiger partial charge is 0.259 e. The maximum Gasteiger partial charge on any atom is 0.259 e. The van der Waals surface area contributed by atoms with Crippen LogP contribution in [0.5, 0.6) is 0 Å². The van der Waals surface area contributed by atoms with E-state index in [1.165, 1.54) is 5.56 Å². The van der Waals surface area contributed by atoms with Crippen LogP contribution in [0.25, 0.3) is 10.8 Å².